The molecule has 98 valence electrons. The van der Waals surface area contributed by atoms with E-state index in [-0.39, 0.29) is 35.5 Å². The molecule has 1 heterocycles. The van der Waals surface area contributed by atoms with Gasteiger partial charge in [-0.3, -0.25) is 14.5 Å². The van der Waals surface area contributed by atoms with Crippen LogP contribution in [-0.4, -0.2) is 29.9 Å². The van der Waals surface area contributed by atoms with Crippen LogP contribution >= 0.6 is 0 Å². The number of likely N-dealkylation sites (tertiary alicyclic amines) is 1. The Morgan fingerprint density at radius 3 is 2.17 bits per heavy atom. The lowest BCUT2D eigenvalue weighted by Crippen LogP contribution is -2.34. The predicted molar refractivity (Wildman–Crippen MR) is 67.3 cm³/mol. The Morgan fingerprint density at radius 1 is 1.22 bits per heavy atom. The number of ether oxygens (including phenoxy) is 1. The molecule has 0 bridgehead atoms. The van der Waals surface area contributed by atoms with E-state index in [1.807, 2.05) is 26.0 Å². The zero-order valence-corrected chi connectivity index (χ0v) is 10.8. The number of nitrogens with zero attached hydrogens (tertiary/aromatic N) is 1. The number of fused-ring (bicyclic) bond motifs is 1. The molecule has 4 heteroatoms. The largest absolute Gasteiger partial charge is 0.500 e. The van der Waals surface area contributed by atoms with Crippen molar-refractivity contribution in [2.24, 2.45) is 23.7 Å². The van der Waals surface area contributed by atoms with Crippen molar-refractivity contribution in [1.29, 1.82) is 0 Å². The van der Waals surface area contributed by atoms with Gasteiger partial charge in [0.05, 0.1) is 24.6 Å². The molecule has 1 aliphatic carbocycles. The first-order valence-corrected chi connectivity index (χ1v) is 6.34. The van der Waals surface area contributed by atoms with Crippen LogP contribution in [0.25, 0.3) is 0 Å². The molecule has 0 aromatic rings. The Balaban J connectivity index is 2.16. The van der Waals surface area contributed by atoms with E-state index in [2.05, 4.69) is 6.58 Å². The number of allylic oxidation sites excluding steroid dienone is 2. The van der Waals surface area contributed by atoms with Crippen molar-refractivity contribution >= 4 is 11.8 Å². The summed E-state index contributed by atoms with van der Waals surface area (Å²) in [4.78, 5) is 25.9. The molecule has 4 unspecified atom stereocenters. The predicted octanol–water partition coefficient (Wildman–Crippen LogP) is 1.59. The van der Waals surface area contributed by atoms with Crippen LogP contribution in [0.15, 0.2) is 25.0 Å². The minimum absolute atomic E-state index is 0.0543. The van der Waals surface area contributed by atoms with E-state index in [4.69, 9.17) is 4.74 Å². The lowest BCUT2D eigenvalue weighted by atomic mass is 9.73. The highest BCUT2D eigenvalue weighted by Gasteiger charge is 2.51. The zero-order chi connectivity index (χ0) is 13.3. The Bertz CT molecular complexity index is 372. The van der Waals surface area contributed by atoms with Crippen LogP contribution in [0.4, 0.5) is 0 Å². The summed E-state index contributed by atoms with van der Waals surface area (Å²) < 4.78 is 5.00. The summed E-state index contributed by atoms with van der Waals surface area (Å²) in [6.07, 6.45) is 5.41. The normalized spacial score (nSPS) is 34.7. The molecular weight excluding hydrogens is 230 g/mol. The maximum absolute atomic E-state index is 12.3. The molecule has 0 aromatic carbocycles. The molecule has 0 saturated carbocycles. The number of imide groups is 1. The molecule has 1 saturated heterocycles. The minimum atomic E-state index is -0.193. The van der Waals surface area contributed by atoms with E-state index < -0.39 is 0 Å². The van der Waals surface area contributed by atoms with E-state index in [0.717, 1.165) is 0 Å². The van der Waals surface area contributed by atoms with Crippen LogP contribution in [0.2, 0.25) is 0 Å². The maximum atomic E-state index is 12.3. The Kier molecular flexibility index (Phi) is 3.55. The van der Waals surface area contributed by atoms with Crippen molar-refractivity contribution in [3.05, 3.63) is 25.0 Å². The smallest absolute Gasteiger partial charge is 0.233 e. The van der Waals surface area contributed by atoms with Gasteiger partial charge in [-0.25, -0.2) is 0 Å². The molecule has 0 spiro atoms. The van der Waals surface area contributed by atoms with Crippen LogP contribution < -0.4 is 0 Å². The van der Waals surface area contributed by atoms with E-state index in [1.165, 1.54) is 11.2 Å². The van der Waals surface area contributed by atoms with Gasteiger partial charge >= 0.3 is 0 Å². The molecule has 4 atom stereocenters. The molecule has 2 rings (SSSR count). The fourth-order valence-corrected chi connectivity index (χ4v) is 2.92. The highest BCUT2D eigenvalue weighted by Crippen LogP contribution is 2.41. The van der Waals surface area contributed by atoms with Crippen molar-refractivity contribution in [3.8, 4) is 0 Å². The Hall–Kier alpha value is -1.58. The minimum Gasteiger partial charge on any atom is -0.500 e. The first kappa shape index (κ1) is 12.9. The molecule has 4 nitrogen and oxygen atoms in total. The standard InChI is InChI=1S/C14H19NO3/c1-4-18-8-7-15-13(16)11-9(2)5-6-10(3)12(11)14(15)17/h4-6,9-12H,1,7-8H2,2-3H3. The van der Waals surface area contributed by atoms with Gasteiger partial charge in [-0.2, -0.15) is 0 Å². The SMILES string of the molecule is C=COCCN1C(=O)C2C(C)C=CC(C)C2C1=O. The van der Waals surface area contributed by atoms with Crippen molar-refractivity contribution < 1.29 is 14.3 Å². The van der Waals surface area contributed by atoms with Gasteiger partial charge in [-0.1, -0.05) is 32.6 Å². The highest BCUT2D eigenvalue weighted by molar-refractivity contribution is 6.05. The summed E-state index contributed by atoms with van der Waals surface area (Å²) in [6, 6.07) is 0. The summed E-state index contributed by atoms with van der Waals surface area (Å²) in [5, 5.41) is 0. The van der Waals surface area contributed by atoms with Crippen LogP contribution in [0.3, 0.4) is 0 Å². The third-order valence-electron chi connectivity index (χ3n) is 3.89. The number of carbonyl (C=O) groups excluding carboxylic acids is 2. The molecule has 18 heavy (non-hydrogen) atoms. The molecule has 1 aliphatic heterocycles. The van der Waals surface area contributed by atoms with Gasteiger partial charge in [-0.05, 0) is 11.8 Å². The number of carbonyl (C=O) groups is 2. The van der Waals surface area contributed by atoms with Gasteiger partial charge in [0.15, 0.2) is 0 Å². The van der Waals surface area contributed by atoms with Crippen LogP contribution in [0.1, 0.15) is 13.8 Å². The van der Waals surface area contributed by atoms with Crippen LogP contribution in [0.5, 0.6) is 0 Å². The topological polar surface area (TPSA) is 46.6 Å². The number of amides is 2. The molecule has 2 aliphatic rings. The average molecular weight is 249 g/mol. The number of hydrogen-bond acceptors (Lipinski definition) is 3. The monoisotopic (exact) mass is 249 g/mol. The summed E-state index contributed by atoms with van der Waals surface area (Å²) in [5.74, 6) is -0.230. The quantitative estimate of drug-likeness (QED) is 0.329. The molecule has 2 amide bonds. The summed E-state index contributed by atoms with van der Waals surface area (Å²) in [5.41, 5.74) is 0. The number of rotatable bonds is 4. The lowest BCUT2D eigenvalue weighted by Gasteiger charge is -2.27. The van der Waals surface area contributed by atoms with Crippen LogP contribution in [-0.2, 0) is 14.3 Å². The Labute approximate surface area is 107 Å². The second-order valence-electron chi connectivity index (χ2n) is 5.02. The highest BCUT2D eigenvalue weighted by atomic mass is 16.5. The van der Waals surface area contributed by atoms with Gasteiger partial charge in [0, 0.05) is 0 Å². The van der Waals surface area contributed by atoms with E-state index >= 15 is 0 Å². The van der Waals surface area contributed by atoms with E-state index in [1.54, 1.807) is 0 Å². The van der Waals surface area contributed by atoms with Gasteiger partial charge in [0.2, 0.25) is 11.8 Å². The van der Waals surface area contributed by atoms with Crippen molar-refractivity contribution in [3.63, 3.8) is 0 Å². The van der Waals surface area contributed by atoms with Crippen molar-refractivity contribution in [1.82, 2.24) is 4.90 Å². The zero-order valence-electron chi connectivity index (χ0n) is 10.8. The van der Waals surface area contributed by atoms with Gasteiger partial charge in [-0.15, -0.1) is 0 Å². The van der Waals surface area contributed by atoms with Crippen molar-refractivity contribution in [2.75, 3.05) is 13.2 Å². The molecule has 0 aromatic heterocycles. The third kappa shape index (κ3) is 1.96. The summed E-state index contributed by atoms with van der Waals surface area (Å²) >= 11 is 0. The molecule has 0 radical (unpaired) electrons. The molecule has 0 N–H and O–H groups in total. The van der Waals surface area contributed by atoms with E-state index in [0.29, 0.717) is 13.2 Å². The Morgan fingerprint density at radius 2 is 1.72 bits per heavy atom. The fourth-order valence-electron chi connectivity index (χ4n) is 2.92. The second-order valence-corrected chi connectivity index (χ2v) is 5.02. The lowest BCUT2D eigenvalue weighted by molar-refractivity contribution is -0.140. The summed E-state index contributed by atoms with van der Waals surface area (Å²) in [7, 11) is 0. The third-order valence-corrected chi connectivity index (χ3v) is 3.89. The summed E-state index contributed by atoms with van der Waals surface area (Å²) in [6.45, 7) is 8.06. The molecule has 1 fully saturated rings. The first-order valence-electron chi connectivity index (χ1n) is 6.34. The second kappa shape index (κ2) is 4.96. The average Bonchev–Trinajstić information content (AvgIpc) is 2.59. The number of hydrogen-bond donors (Lipinski definition) is 0. The van der Waals surface area contributed by atoms with E-state index in [9.17, 15) is 9.59 Å². The first-order chi connectivity index (χ1) is 8.57. The van der Waals surface area contributed by atoms with Gasteiger partial charge < -0.3 is 4.74 Å². The van der Waals surface area contributed by atoms with Crippen molar-refractivity contribution in [2.45, 2.75) is 13.8 Å². The maximum Gasteiger partial charge on any atom is 0.233 e. The van der Waals surface area contributed by atoms with Gasteiger partial charge in [0.1, 0.15) is 6.61 Å². The van der Waals surface area contributed by atoms with Gasteiger partial charge in [0.25, 0.3) is 0 Å². The molecular formula is C14H19NO3. The fraction of sp³-hybridized carbons (Fsp3) is 0.571. The van der Waals surface area contributed by atoms with Crippen LogP contribution in [0, 0.1) is 23.7 Å².